The van der Waals surface area contributed by atoms with Crippen LogP contribution in [0.25, 0.3) is 0 Å². The Morgan fingerprint density at radius 1 is 1.33 bits per heavy atom. The molecule has 2 aromatic rings. The van der Waals surface area contributed by atoms with Crippen molar-refractivity contribution in [2.24, 2.45) is 0 Å². The number of ether oxygens (including phenoxy) is 1. The molecule has 0 atom stereocenters. The Morgan fingerprint density at radius 2 is 2.06 bits per heavy atom. The van der Waals surface area contributed by atoms with Crippen LogP contribution in [0.5, 0.6) is 5.75 Å². The van der Waals surface area contributed by atoms with Gasteiger partial charge in [0.2, 0.25) is 0 Å². The minimum atomic E-state index is -1.28. The van der Waals surface area contributed by atoms with Gasteiger partial charge in [-0.15, -0.1) is 0 Å². The maximum absolute atomic E-state index is 11.8. The normalized spacial score (nSPS) is 10.1. The first kappa shape index (κ1) is 11.8. The van der Waals surface area contributed by atoms with Gasteiger partial charge in [-0.05, 0) is 18.6 Å². The van der Waals surface area contributed by atoms with Crippen LogP contribution in [0, 0.1) is 6.92 Å². The summed E-state index contributed by atoms with van der Waals surface area (Å²) < 4.78 is 5.11. The number of benzene rings is 1. The lowest BCUT2D eigenvalue weighted by Crippen LogP contribution is -2.14. The number of aromatic nitrogens is 2. The van der Waals surface area contributed by atoms with E-state index in [9.17, 15) is 9.59 Å². The second kappa shape index (κ2) is 4.70. The van der Waals surface area contributed by atoms with Gasteiger partial charge in [0.15, 0.2) is 11.4 Å². The molecule has 0 aliphatic heterocycles. The molecule has 1 heterocycles. The number of hydrogen-bond acceptors (Lipinski definition) is 4. The number of rotatable bonds is 3. The fraction of sp³-hybridized carbons (Fsp3) is 0.0833. The minimum absolute atomic E-state index is 0.175. The number of para-hydroxylation sites is 1. The smallest absolute Gasteiger partial charge is 0.362 e. The van der Waals surface area contributed by atoms with Gasteiger partial charge in [0.25, 0.3) is 0 Å². The highest BCUT2D eigenvalue weighted by Gasteiger charge is 2.21. The number of H-pyrrole nitrogens is 1. The van der Waals surface area contributed by atoms with E-state index < -0.39 is 11.9 Å². The van der Waals surface area contributed by atoms with Gasteiger partial charge in [-0.1, -0.05) is 18.2 Å². The molecule has 18 heavy (non-hydrogen) atoms. The number of carbonyl (C=O) groups excluding carboxylic acids is 1. The molecule has 0 unspecified atom stereocenters. The molecule has 0 spiro atoms. The molecule has 0 aliphatic rings. The molecular weight excluding hydrogens is 236 g/mol. The summed E-state index contributed by atoms with van der Waals surface area (Å²) in [4.78, 5) is 28.6. The first-order valence-electron chi connectivity index (χ1n) is 5.14. The summed E-state index contributed by atoms with van der Waals surface area (Å²) in [5.41, 5.74) is 0.251. The van der Waals surface area contributed by atoms with Gasteiger partial charge < -0.3 is 14.8 Å². The van der Waals surface area contributed by atoms with Crippen molar-refractivity contribution in [1.29, 1.82) is 0 Å². The van der Waals surface area contributed by atoms with Crippen LogP contribution in [0.1, 0.15) is 26.5 Å². The van der Waals surface area contributed by atoms with Crippen LogP contribution in [0.15, 0.2) is 30.6 Å². The number of carboxylic acid groups (broad SMARTS) is 1. The first-order chi connectivity index (χ1) is 8.59. The molecule has 2 N–H and O–H groups in total. The third-order valence-corrected chi connectivity index (χ3v) is 2.34. The zero-order valence-corrected chi connectivity index (χ0v) is 9.51. The summed E-state index contributed by atoms with van der Waals surface area (Å²) >= 11 is 0. The molecule has 2 rings (SSSR count). The number of imidazole rings is 1. The molecule has 6 nitrogen and oxygen atoms in total. The van der Waals surface area contributed by atoms with Crippen molar-refractivity contribution in [1.82, 2.24) is 9.97 Å². The fourth-order valence-electron chi connectivity index (χ4n) is 1.43. The molecule has 1 aromatic carbocycles. The number of carbonyl (C=O) groups is 2. The van der Waals surface area contributed by atoms with E-state index in [1.165, 1.54) is 0 Å². The number of hydrogen-bond donors (Lipinski definition) is 2. The minimum Gasteiger partial charge on any atom is -0.476 e. The molecule has 0 amide bonds. The topological polar surface area (TPSA) is 92.3 Å². The summed E-state index contributed by atoms with van der Waals surface area (Å²) in [6.45, 7) is 1.79. The summed E-state index contributed by atoms with van der Waals surface area (Å²) in [6, 6.07) is 6.95. The highest BCUT2D eigenvalue weighted by Crippen LogP contribution is 2.18. The van der Waals surface area contributed by atoms with Crippen LogP contribution in [-0.4, -0.2) is 27.0 Å². The molecule has 0 fully saturated rings. The van der Waals surface area contributed by atoms with Crippen molar-refractivity contribution in [2.45, 2.75) is 6.92 Å². The molecule has 0 aliphatic carbocycles. The van der Waals surface area contributed by atoms with Crippen LogP contribution in [0.3, 0.4) is 0 Å². The molecule has 92 valence electrons. The Hall–Kier alpha value is -2.63. The SMILES string of the molecule is Cc1ccccc1OC(=O)c1[nH]cnc1C(=O)O. The van der Waals surface area contributed by atoms with Crippen LogP contribution < -0.4 is 4.74 Å². The van der Waals surface area contributed by atoms with E-state index in [2.05, 4.69) is 9.97 Å². The highest BCUT2D eigenvalue weighted by atomic mass is 16.5. The molecule has 0 bridgehead atoms. The van der Waals surface area contributed by atoms with Crippen molar-refractivity contribution in [2.75, 3.05) is 0 Å². The van der Waals surface area contributed by atoms with Crippen molar-refractivity contribution >= 4 is 11.9 Å². The van der Waals surface area contributed by atoms with Crippen molar-refractivity contribution in [3.8, 4) is 5.75 Å². The number of nitrogens with zero attached hydrogens (tertiary/aromatic N) is 1. The average Bonchev–Trinajstić information content (AvgIpc) is 2.81. The van der Waals surface area contributed by atoms with E-state index in [1.807, 2.05) is 6.07 Å². The van der Waals surface area contributed by atoms with Gasteiger partial charge in [-0.3, -0.25) is 0 Å². The van der Waals surface area contributed by atoms with E-state index >= 15 is 0 Å². The second-order valence-corrected chi connectivity index (χ2v) is 3.59. The fourth-order valence-corrected chi connectivity index (χ4v) is 1.43. The lowest BCUT2D eigenvalue weighted by Gasteiger charge is -2.05. The lowest BCUT2D eigenvalue weighted by atomic mass is 10.2. The van der Waals surface area contributed by atoms with Crippen LogP contribution >= 0.6 is 0 Å². The van der Waals surface area contributed by atoms with Gasteiger partial charge in [0.1, 0.15) is 5.75 Å². The van der Waals surface area contributed by atoms with Gasteiger partial charge in [-0.2, -0.15) is 0 Å². The molecule has 0 radical (unpaired) electrons. The molecule has 6 heteroatoms. The number of aryl methyl sites for hydroxylation is 1. The average molecular weight is 246 g/mol. The summed E-state index contributed by atoms with van der Waals surface area (Å²) in [5.74, 6) is -1.68. The van der Waals surface area contributed by atoms with Crippen LogP contribution in [-0.2, 0) is 0 Å². The molecule has 0 saturated carbocycles. The van der Waals surface area contributed by atoms with E-state index in [0.717, 1.165) is 11.9 Å². The number of aromatic amines is 1. The van der Waals surface area contributed by atoms with E-state index in [-0.39, 0.29) is 11.4 Å². The number of nitrogens with one attached hydrogen (secondary N) is 1. The van der Waals surface area contributed by atoms with Gasteiger partial charge >= 0.3 is 11.9 Å². The van der Waals surface area contributed by atoms with Gasteiger partial charge in [0, 0.05) is 0 Å². The maximum Gasteiger partial charge on any atom is 0.362 e. The maximum atomic E-state index is 11.8. The van der Waals surface area contributed by atoms with E-state index in [4.69, 9.17) is 9.84 Å². The third-order valence-electron chi connectivity index (χ3n) is 2.34. The molecule has 0 saturated heterocycles. The first-order valence-corrected chi connectivity index (χ1v) is 5.14. The van der Waals surface area contributed by atoms with E-state index in [0.29, 0.717) is 5.75 Å². The Bertz CT molecular complexity index is 604. The standard InChI is InChI=1S/C12H10N2O4/c1-7-4-2-3-5-8(7)18-12(17)10-9(11(15)16)13-6-14-10/h2-6H,1H3,(H,13,14)(H,15,16). The molecular formula is C12H10N2O4. The zero-order valence-electron chi connectivity index (χ0n) is 9.51. The quantitative estimate of drug-likeness (QED) is 0.634. The third kappa shape index (κ3) is 2.22. The summed E-state index contributed by atoms with van der Waals surface area (Å²) in [5, 5.41) is 8.83. The van der Waals surface area contributed by atoms with Gasteiger partial charge in [-0.25, -0.2) is 14.6 Å². The number of aromatic carboxylic acids is 1. The second-order valence-electron chi connectivity index (χ2n) is 3.59. The monoisotopic (exact) mass is 246 g/mol. The Labute approximate surface area is 102 Å². The molecule has 1 aromatic heterocycles. The van der Waals surface area contributed by atoms with E-state index in [1.54, 1.807) is 25.1 Å². The van der Waals surface area contributed by atoms with Crippen LogP contribution in [0.2, 0.25) is 0 Å². The summed E-state index contributed by atoms with van der Waals surface area (Å²) in [7, 11) is 0. The van der Waals surface area contributed by atoms with Crippen molar-refractivity contribution in [3.63, 3.8) is 0 Å². The Balaban J connectivity index is 2.25. The Morgan fingerprint density at radius 3 is 2.72 bits per heavy atom. The number of carboxylic acids is 1. The predicted molar refractivity (Wildman–Crippen MR) is 61.7 cm³/mol. The number of esters is 1. The largest absolute Gasteiger partial charge is 0.476 e. The van der Waals surface area contributed by atoms with Crippen molar-refractivity contribution in [3.05, 3.63) is 47.5 Å². The van der Waals surface area contributed by atoms with Crippen molar-refractivity contribution < 1.29 is 19.4 Å². The zero-order chi connectivity index (χ0) is 13.1. The lowest BCUT2D eigenvalue weighted by molar-refractivity contribution is 0.0661. The van der Waals surface area contributed by atoms with Gasteiger partial charge in [0.05, 0.1) is 6.33 Å². The Kier molecular flexibility index (Phi) is 3.09. The van der Waals surface area contributed by atoms with Crippen LogP contribution in [0.4, 0.5) is 0 Å². The summed E-state index contributed by atoms with van der Waals surface area (Å²) in [6.07, 6.45) is 1.14. The predicted octanol–water partition coefficient (Wildman–Crippen LogP) is 1.64. The highest BCUT2D eigenvalue weighted by molar-refractivity contribution is 6.00.